The van der Waals surface area contributed by atoms with Crippen LogP contribution in [0.2, 0.25) is 0 Å². The van der Waals surface area contributed by atoms with E-state index in [0.29, 0.717) is 24.3 Å². The van der Waals surface area contributed by atoms with Crippen molar-refractivity contribution in [1.29, 1.82) is 0 Å². The van der Waals surface area contributed by atoms with Gasteiger partial charge in [0.1, 0.15) is 0 Å². The van der Waals surface area contributed by atoms with Gasteiger partial charge in [-0.1, -0.05) is 31.2 Å². The molecule has 1 saturated heterocycles. The van der Waals surface area contributed by atoms with Crippen molar-refractivity contribution in [2.75, 3.05) is 45.6 Å². The van der Waals surface area contributed by atoms with Crippen molar-refractivity contribution in [3.8, 4) is 0 Å². The highest BCUT2D eigenvalue weighted by Crippen LogP contribution is 2.21. The Morgan fingerprint density at radius 3 is 2.32 bits per heavy atom. The molecule has 0 aromatic heterocycles. The number of benzene rings is 2. The highest BCUT2D eigenvalue weighted by Gasteiger charge is 2.28. The Morgan fingerprint density at radius 1 is 1.03 bits per heavy atom. The summed E-state index contributed by atoms with van der Waals surface area (Å²) < 4.78 is 25.9. The van der Waals surface area contributed by atoms with Crippen molar-refractivity contribution in [2.45, 2.75) is 37.1 Å². The lowest BCUT2D eigenvalue weighted by Gasteiger charge is -2.38. The monoisotopic (exact) mass is 486 g/mol. The molecule has 0 unspecified atom stereocenters. The van der Waals surface area contributed by atoms with E-state index in [4.69, 9.17) is 0 Å². The third-order valence-corrected chi connectivity index (χ3v) is 7.85. The van der Waals surface area contributed by atoms with Crippen LogP contribution in [0.15, 0.2) is 59.5 Å². The van der Waals surface area contributed by atoms with Gasteiger partial charge in [-0.25, -0.2) is 12.7 Å². The van der Waals surface area contributed by atoms with Crippen molar-refractivity contribution in [2.24, 2.45) is 0 Å². The van der Waals surface area contributed by atoms with Crippen molar-refractivity contribution < 1.29 is 18.0 Å². The minimum atomic E-state index is -3.58. The molecule has 8 nitrogen and oxygen atoms in total. The Morgan fingerprint density at radius 2 is 1.71 bits per heavy atom. The number of carbonyl (C=O) groups excluding carboxylic acids is 2. The molecular formula is C25H34N4O4S. The van der Waals surface area contributed by atoms with Gasteiger partial charge in [0, 0.05) is 44.5 Å². The molecule has 9 heteroatoms. The summed E-state index contributed by atoms with van der Waals surface area (Å²) in [6.45, 7) is 4.39. The molecule has 1 aliphatic heterocycles. The molecular weight excluding hydrogens is 452 g/mol. The van der Waals surface area contributed by atoms with Crippen molar-refractivity contribution >= 4 is 27.5 Å². The first-order valence-corrected chi connectivity index (χ1v) is 13.1. The van der Waals surface area contributed by atoms with Crippen LogP contribution in [0.5, 0.6) is 0 Å². The first-order chi connectivity index (χ1) is 16.2. The zero-order chi connectivity index (χ0) is 24.7. The molecule has 1 N–H and O–H groups in total. The smallest absolute Gasteiger partial charge is 0.253 e. The molecule has 1 fully saturated rings. The van der Waals surface area contributed by atoms with Crippen molar-refractivity contribution in [3.63, 3.8) is 0 Å². The van der Waals surface area contributed by atoms with Gasteiger partial charge >= 0.3 is 0 Å². The number of hydrogen-bond acceptors (Lipinski definition) is 5. The lowest BCUT2D eigenvalue weighted by molar-refractivity contribution is -0.118. The molecule has 2 aromatic rings. The average Bonchev–Trinajstić information content (AvgIpc) is 2.84. The maximum absolute atomic E-state index is 12.8. The molecule has 0 atom stereocenters. The van der Waals surface area contributed by atoms with E-state index >= 15 is 0 Å². The molecule has 3 rings (SSSR count). The number of carbonyl (C=O) groups is 2. The molecule has 0 radical (unpaired) electrons. The van der Waals surface area contributed by atoms with E-state index in [1.54, 1.807) is 12.1 Å². The topological polar surface area (TPSA) is 90.0 Å². The minimum absolute atomic E-state index is 0.0476. The molecule has 1 heterocycles. The standard InChI is InChI=1S/C25H34N4O4S/c1-4-15-29(22-13-16-28(17-14-22)25(31)20-9-6-5-7-10-20)19-24(30)26-21-11-8-12-23(18-21)34(32,33)27(2)3/h5-12,18,22H,4,13-17,19H2,1-3H3,(H,26,30). The number of piperidine rings is 1. The van der Waals surface area contributed by atoms with Crippen LogP contribution in [0, 0.1) is 0 Å². The number of likely N-dealkylation sites (tertiary alicyclic amines) is 1. The molecule has 2 aromatic carbocycles. The number of rotatable bonds is 9. The minimum Gasteiger partial charge on any atom is -0.339 e. The maximum Gasteiger partial charge on any atom is 0.253 e. The molecule has 0 saturated carbocycles. The van der Waals surface area contributed by atoms with Crippen LogP contribution in [-0.4, -0.2) is 80.7 Å². The zero-order valence-corrected chi connectivity index (χ0v) is 20.9. The third-order valence-electron chi connectivity index (χ3n) is 6.04. The molecule has 1 aliphatic rings. The van der Waals surface area contributed by atoms with Crippen LogP contribution < -0.4 is 5.32 Å². The van der Waals surface area contributed by atoms with Gasteiger partial charge in [0.2, 0.25) is 15.9 Å². The number of sulfonamides is 1. The molecule has 0 bridgehead atoms. The highest BCUT2D eigenvalue weighted by molar-refractivity contribution is 7.89. The number of anilines is 1. The summed E-state index contributed by atoms with van der Waals surface area (Å²) in [5.41, 5.74) is 1.15. The lowest BCUT2D eigenvalue weighted by atomic mass is 10.0. The van der Waals surface area contributed by atoms with E-state index in [1.165, 1.54) is 26.2 Å². The number of amides is 2. The van der Waals surface area contributed by atoms with Crippen molar-refractivity contribution in [1.82, 2.24) is 14.1 Å². The van der Waals surface area contributed by atoms with Gasteiger partial charge in [-0.15, -0.1) is 0 Å². The van der Waals surface area contributed by atoms with Crippen LogP contribution in [0.4, 0.5) is 5.69 Å². The van der Waals surface area contributed by atoms with Gasteiger partial charge in [0.15, 0.2) is 0 Å². The second-order valence-corrected chi connectivity index (χ2v) is 10.9. The largest absolute Gasteiger partial charge is 0.339 e. The molecule has 0 spiro atoms. The van der Waals surface area contributed by atoms with E-state index < -0.39 is 10.0 Å². The van der Waals surface area contributed by atoms with E-state index in [0.717, 1.165) is 30.1 Å². The summed E-state index contributed by atoms with van der Waals surface area (Å²) in [5, 5.41) is 2.84. The van der Waals surface area contributed by atoms with Crippen LogP contribution >= 0.6 is 0 Å². The summed E-state index contributed by atoms with van der Waals surface area (Å²) in [7, 11) is -0.629. The third kappa shape index (κ3) is 6.43. The van der Waals surface area contributed by atoms with Gasteiger partial charge in [0.05, 0.1) is 11.4 Å². The van der Waals surface area contributed by atoms with Crippen LogP contribution in [0.1, 0.15) is 36.5 Å². The van der Waals surface area contributed by atoms with E-state index in [2.05, 4.69) is 17.1 Å². The summed E-state index contributed by atoms with van der Waals surface area (Å²) in [4.78, 5) is 29.7. The van der Waals surface area contributed by atoms with Crippen molar-refractivity contribution in [3.05, 3.63) is 60.2 Å². The number of hydrogen-bond donors (Lipinski definition) is 1. The fraction of sp³-hybridized carbons (Fsp3) is 0.440. The second-order valence-electron chi connectivity index (χ2n) is 8.72. The fourth-order valence-corrected chi connectivity index (χ4v) is 5.15. The van der Waals surface area contributed by atoms with E-state index in [9.17, 15) is 18.0 Å². The predicted octanol–water partition coefficient (Wildman–Crippen LogP) is 2.89. The predicted molar refractivity (Wildman–Crippen MR) is 133 cm³/mol. The molecule has 34 heavy (non-hydrogen) atoms. The Labute approximate surface area is 202 Å². The van der Waals surface area contributed by atoms with E-state index in [1.807, 2.05) is 35.2 Å². The number of nitrogens with one attached hydrogen (secondary N) is 1. The Balaban J connectivity index is 1.59. The van der Waals surface area contributed by atoms with E-state index in [-0.39, 0.29) is 29.3 Å². The SMILES string of the molecule is CCCN(CC(=O)Nc1cccc(S(=O)(=O)N(C)C)c1)C1CCN(C(=O)c2ccccc2)CC1. The lowest BCUT2D eigenvalue weighted by Crippen LogP contribution is -2.49. The van der Waals surface area contributed by atoms with Gasteiger partial charge < -0.3 is 10.2 Å². The summed E-state index contributed by atoms with van der Waals surface area (Å²) in [6.07, 6.45) is 2.53. The van der Waals surface area contributed by atoms with Crippen LogP contribution in [0.3, 0.4) is 0 Å². The van der Waals surface area contributed by atoms with Gasteiger partial charge in [-0.05, 0) is 56.1 Å². The summed E-state index contributed by atoms with van der Waals surface area (Å²) in [5.74, 6) is -0.137. The Hall–Kier alpha value is -2.75. The summed E-state index contributed by atoms with van der Waals surface area (Å²) in [6, 6.07) is 15.8. The molecule has 2 amide bonds. The van der Waals surface area contributed by atoms with Gasteiger partial charge in [-0.3, -0.25) is 14.5 Å². The van der Waals surface area contributed by atoms with Gasteiger partial charge in [0.25, 0.3) is 5.91 Å². The molecule has 184 valence electrons. The molecule has 0 aliphatic carbocycles. The summed E-state index contributed by atoms with van der Waals surface area (Å²) >= 11 is 0. The number of nitrogens with zero attached hydrogens (tertiary/aromatic N) is 3. The van der Waals surface area contributed by atoms with Crippen LogP contribution in [0.25, 0.3) is 0 Å². The average molecular weight is 487 g/mol. The maximum atomic E-state index is 12.8. The Bertz CT molecular complexity index is 1080. The normalized spacial score (nSPS) is 15.0. The quantitative estimate of drug-likeness (QED) is 0.589. The van der Waals surface area contributed by atoms with Crippen LogP contribution in [-0.2, 0) is 14.8 Å². The first kappa shape index (κ1) is 25.9. The zero-order valence-electron chi connectivity index (χ0n) is 20.1. The van der Waals surface area contributed by atoms with Gasteiger partial charge in [-0.2, -0.15) is 0 Å². The first-order valence-electron chi connectivity index (χ1n) is 11.6. The second kappa shape index (κ2) is 11.6. The Kier molecular flexibility index (Phi) is 8.82. The highest BCUT2D eigenvalue weighted by atomic mass is 32.2. The fourth-order valence-electron chi connectivity index (χ4n) is 4.21.